The fourth-order valence-corrected chi connectivity index (χ4v) is 4.08. The zero-order valence-corrected chi connectivity index (χ0v) is 16.2. The molecule has 0 aromatic heterocycles. The van der Waals surface area contributed by atoms with Gasteiger partial charge in [0.05, 0.1) is 19.3 Å². The van der Waals surface area contributed by atoms with E-state index in [4.69, 9.17) is 4.74 Å². The Morgan fingerprint density at radius 1 is 1.15 bits per heavy atom. The summed E-state index contributed by atoms with van der Waals surface area (Å²) in [7, 11) is 1.65. The number of aliphatic hydroxyl groups is 1. The van der Waals surface area contributed by atoms with Crippen molar-refractivity contribution in [3.8, 4) is 5.75 Å². The molecule has 0 aliphatic heterocycles. The molecule has 0 saturated heterocycles. The van der Waals surface area contributed by atoms with E-state index < -0.39 is 6.10 Å². The smallest absolute Gasteiger partial charge is 0.244 e. The molecule has 1 aliphatic rings. The summed E-state index contributed by atoms with van der Waals surface area (Å²) in [6.07, 6.45) is 6.62. The molecule has 0 bridgehead atoms. The van der Waals surface area contributed by atoms with E-state index in [1.54, 1.807) is 24.9 Å². The zero-order chi connectivity index (χ0) is 19.1. The summed E-state index contributed by atoms with van der Waals surface area (Å²) in [6, 6.07) is 15.7. The fourth-order valence-electron chi connectivity index (χ4n) is 3.16. The van der Waals surface area contributed by atoms with Gasteiger partial charge in [-0.25, -0.2) is 0 Å². The average molecular weight is 384 g/mol. The Morgan fingerprint density at radius 3 is 2.63 bits per heavy atom. The Bertz CT molecular complexity index is 788. The molecule has 1 amide bonds. The fraction of sp³-hybridized carbons (Fsp3) is 0.318. The van der Waals surface area contributed by atoms with Gasteiger partial charge in [-0.3, -0.25) is 4.79 Å². The summed E-state index contributed by atoms with van der Waals surface area (Å²) in [6.45, 7) is 0. The number of amides is 1. The normalized spacial score (nSPS) is 19.8. The van der Waals surface area contributed by atoms with Crippen molar-refractivity contribution >= 4 is 23.7 Å². The number of nitrogens with one attached hydrogen (secondary N) is 1. The van der Waals surface area contributed by atoms with Gasteiger partial charge >= 0.3 is 0 Å². The summed E-state index contributed by atoms with van der Waals surface area (Å²) in [4.78, 5) is 14.4. The van der Waals surface area contributed by atoms with E-state index in [2.05, 4.69) is 5.32 Å². The van der Waals surface area contributed by atoms with Crippen LogP contribution in [0.1, 0.15) is 31.2 Å². The van der Waals surface area contributed by atoms with Crippen LogP contribution in [0.4, 0.5) is 0 Å². The SMILES string of the molecule is COc1ccc(Sc2ccccc2C=CC(=O)NC2CCCCC2O)cc1. The number of aliphatic hydroxyl groups excluding tert-OH is 1. The van der Waals surface area contributed by atoms with Crippen molar-refractivity contribution < 1.29 is 14.6 Å². The van der Waals surface area contributed by atoms with E-state index in [9.17, 15) is 9.90 Å². The van der Waals surface area contributed by atoms with Crippen LogP contribution in [-0.2, 0) is 4.79 Å². The van der Waals surface area contributed by atoms with E-state index in [1.165, 1.54) is 0 Å². The predicted octanol–water partition coefficient (Wildman–Crippen LogP) is 4.28. The first kappa shape index (κ1) is 19.5. The lowest BCUT2D eigenvalue weighted by Gasteiger charge is -2.27. The molecule has 2 aromatic carbocycles. The highest BCUT2D eigenvalue weighted by atomic mass is 32.2. The lowest BCUT2D eigenvalue weighted by molar-refractivity contribution is -0.118. The standard InChI is InChI=1S/C22H25NO3S/c1-26-17-11-13-18(14-12-17)27-21-9-5-2-6-16(21)10-15-22(25)23-19-7-3-4-8-20(19)24/h2,5-6,9-15,19-20,24H,3-4,7-8H2,1H3,(H,23,25). The second-order valence-corrected chi connectivity index (χ2v) is 7.73. The van der Waals surface area contributed by atoms with Gasteiger partial charge in [0.15, 0.2) is 0 Å². The van der Waals surface area contributed by atoms with Crippen LogP contribution in [0.25, 0.3) is 6.08 Å². The second-order valence-electron chi connectivity index (χ2n) is 6.62. The summed E-state index contributed by atoms with van der Waals surface area (Å²) in [5.41, 5.74) is 0.984. The van der Waals surface area contributed by atoms with Crippen LogP contribution in [0.2, 0.25) is 0 Å². The van der Waals surface area contributed by atoms with Gasteiger partial charge in [-0.2, -0.15) is 0 Å². The lowest BCUT2D eigenvalue weighted by Crippen LogP contribution is -2.44. The largest absolute Gasteiger partial charge is 0.497 e. The molecule has 2 unspecified atom stereocenters. The van der Waals surface area contributed by atoms with E-state index in [-0.39, 0.29) is 11.9 Å². The average Bonchev–Trinajstić information content (AvgIpc) is 2.70. The van der Waals surface area contributed by atoms with Crippen molar-refractivity contribution in [1.29, 1.82) is 0 Å². The number of methoxy groups -OCH3 is 1. The molecular formula is C22H25NO3S. The third kappa shape index (κ3) is 5.62. The first-order valence-electron chi connectivity index (χ1n) is 9.23. The molecule has 1 fully saturated rings. The minimum Gasteiger partial charge on any atom is -0.497 e. The summed E-state index contributed by atoms with van der Waals surface area (Å²) in [5, 5.41) is 12.9. The molecular weight excluding hydrogens is 358 g/mol. The summed E-state index contributed by atoms with van der Waals surface area (Å²) < 4.78 is 5.20. The molecule has 3 rings (SSSR count). The predicted molar refractivity (Wildman–Crippen MR) is 109 cm³/mol. The minimum absolute atomic E-state index is 0.139. The highest BCUT2D eigenvalue weighted by Gasteiger charge is 2.23. The molecule has 1 aliphatic carbocycles. The van der Waals surface area contributed by atoms with E-state index in [0.29, 0.717) is 0 Å². The van der Waals surface area contributed by atoms with Crippen molar-refractivity contribution in [2.24, 2.45) is 0 Å². The van der Waals surface area contributed by atoms with Crippen LogP contribution in [0.3, 0.4) is 0 Å². The van der Waals surface area contributed by atoms with Gasteiger partial charge in [0.25, 0.3) is 0 Å². The Labute approximate surface area is 164 Å². The number of hydrogen-bond donors (Lipinski definition) is 2. The Hall–Kier alpha value is -2.24. The highest BCUT2D eigenvalue weighted by molar-refractivity contribution is 7.99. The van der Waals surface area contributed by atoms with Crippen LogP contribution in [-0.4, -0.2) is 30.3 Å². The molecule has 2 N–H and O–H groups in total. The van der Waals surface area contributed by atoms with Crippen LogP contribution in [0.5, 0.6) is 5.75 Å². The van der Waals surface area contributed by atoms with Gasteiger partial charge in [-0.1, -0.05) is 42.8 Å². The Balaban J connectivity index is 1.65. The monoisotopic (exact) mass is 383 g/mol. The van der Waals surface area contributed by atoms with Gasteiger partial charge in [0.1, 0.15) is 5.75 Å². The van der Waals surface area contributed by atoms with Crippen LogP contribution >= 0.6 is 11.8 Å². The number of rotatable bonds is 6. The van der Waals surface area contributed by atoms with E-state index in [1.807, 2.05) is 54.6 Å². The maximum absolute atomic E-state index is 12.2. The van der Waals surface area contributed by atoms with E-state index in [0.717, 1.165) is 46.8 Å². The molecule has 5 heteroatoms. The zero-order valence-electron chi connectivity index (χ0n) is 15.4. The van der Waals surface area contributed by atoms with Crippen molar-refractivity contribution in [2.75, 3.05) is 7.11 Å². The topological polar surface area (TPSA) is 58.6 Å². The molecule has 0 radical (unpaired) electrons. The molecule has 142 valence electrons. The molecule has 27 heavy (non-hydrogen) atoms. The van der Waals surface area contributed by atoms with Gasteiger partial charge in [-0.05, 0) is 54.8 Å². The molecule has 2 atom stereocenters. The van der Waals surface area contributed by atoms with Gasteiger partial charge in [0.2, 0.25) is 5.91 Å². The first-order valence-corrected chi connectivity index (χ1v) is 10.0. The molecule has 2 aromatic rings. The first-order chi connectivity index (χ1) is 13.2. The van der Waals surface area contributed by atoms with Crippen molar-refractivity contribution in [2.45, 2.75) is 47.6 Å². The lowest BCUT2D eigenvalue weighted by atomic mass is 9.92. The number of benzene rings is 2. The van der Waals surface area contributed by atoms with Crippen LogP contribution in [0.15, 0.2) is 64.4 Å². The van der Waals surface area contributed by atoms with Crippen LogP contribution in [0, 0.1) is 0 Å². The van der Waals surface area contributed by atoms with E-state index >= 15 is 0 Å². The van der Waals surface area contributed by atoms with Crippen molar-refractivity contribution in [3.63, 3.8) is 0 Å². The Morgan fingerprint density at radius 2 is 1.89 bits per heavy atom. The van der Waals surface area contributed by atoms with Gasteiger partial charge in [-0.15, -0.1) is 0 Å². The molecule has 4 nitrogen and oxygen atoms in total. The minimum atomic E-state index is -0.436. The summed E-state index contributed by atoms with van der Waals surface area (Å²) in [5.74, 6) is 0.666. The quantitative estimate of drug-likeness (QED) is 0.731. The number of carbonyl (C=O) groups excluding carboxylic acids is 1. The van der Waals surface area contributed by atoms with Crippen molar-refractivity contribution in [3.05, 3.63) is 60.2 Å². The maximum atomic E-state index is 12.2. The second kappa shape index (κ2) is 9.62. The van der Waals surface area contributed by atoms with Crippen molar-refractivity contribution in [1.82, 2.24) is 5.32 Å². The third-order valence-electron chi connectivity index (χ3n) is 4.68. The maximum Gasteiger partial charge on any atom is 0.244 e. The number of hydrogen-bond acceptors (Lipinski definition) is 4. The Kier molecular flexibility index (Phi) is 6.96. The van der Waals surface area contributed by atoms with Gasteiger partial charge < -0.3 is 15.2 Å². The summed E-state index contributed by atoms with van der Waals surface area (Å²) >= 11 is 1.64. The highest BCUT2D eigenvalue weighted by Crippen LogP contribution is 2.32. The molecule has 0 spiro atoms. The molecule has 1 saturated carbocycles. The van der Waals surface area contributed by atoms with Crippen LogP contribution < -0.4 is 10.1 Å². The third-order valence-corrected chi connectivity index (χ3v) is 5.78. The van der Waals surface area contributed by atoms with Gasteiger partial charge in [0, 0.05) is 15.9 Å². The molecule has 0 heterocycles. The number of carbonyl (C=O) groups is 1. The number of ether oxygens (including phenoxy) is 1.